The van der Waals surface area contributed by atoms with Gasteiger partial charge in [0.05, 0.1) is 5.02 Å². The van der Waals surface area contributed by atoms with E-state index in [1.165, 1.54) is 0 Å². The van der Waals surface area contributed by atoms with E-state index in [2.05, 4.69) is 15.1 Å². The third-order valence-electron chi connectivity index (χ3n) is 2.72. The second kappa shape index (κ2) is 5.46. The van der Waals surface area contributed by atoms with Crippen LogP contribution in [0.15, 0.2) is 12.3 Å². The Morgan fingerprint density at radius 1 is 1.33 bits per heavy atom. The van der Waals surface area contributed by atoms with Crippen molar-refractivity contribution in [2.24, 2.45) is 5.73 Å². The van der Waals surface area contributed by atoms with Gasteiger partial charge in [0.15, 0.2) is 11.6 Å². The fourth-order valence-electron chi connectivity index (χ4n) is 1.72. The number of nitrogens with zero attached hydrogens (tertiary/aromatic N) is 4. The van der Waals surface area contributed by atoms with Gasteiger partial charge in [-0.1, -0.05) is 25.4 Å². The summed E-state index contributed by atoms with van der Waals surface area (Å²) >= 11 is 6.29. The summed E-state index contributed by atoms with van der Waals surface area (Å²) in [5, 5.41) is 4.97. The molecule has 0 atom stereocenters. The number of hydrogen-bond donors (Lipinski definition) is 1. The minimum Gasteiger partial charge on any atom is -0.326 e. The summed E-state index contributed by atoms with van der Waals surface area (Å²) in [7, 11) is 0. The fraction of sp³-hybridized carbons (Fsp3) is 0.417. The largest absolute Gasteiger partial charge is 0.326 e. The SMILES string of the molecule is CCc1nc(CC)n(-c2nccc(CN)c2Cl)n1. The second-order valence-electron chi connectivity index (χ2n) is 3.87. The van der Waals surface area contributed by atoms with E-state index < -0.39 is 0 Å². The molecule has 0 saturated heterocycles. The quantitative estimate of drug-likeness (QED) is 0.917. The van der Waals surface area contributed by atoms with Crippen LogP contribution in [0.2, 0.25) is 5.02 Å². The molecule has 2 rings (SSSR count). The predicted octanol–water partition coefficient (Wildman–Crippen LogP) is 1.90. The van der Waals surface area contributed by atoms with Crippen molar-refractivity contribution in [1.29, 1.82) is 0 Å². The van der Waals surface area contributed by atoms with Crippen molar-refractivity contribution in [3.05, 3.63) is 34.5 Å². The zero-order valence-corrected chi connectivity index (χ0v) is 11.3. The van der Waals surface area contributed by atoms with Crippen LogP contribution in [0.1, 0.15) is 31.1 Å². The molecule has 6 heteroatoms. The van der Waals surface area contributed by atoms with Gasteiger partial charge in [-0.15, -0.1) is 5.10 Å². The lowest BCUT2D eigenvalue weighted by molar-refractivity contribution is 0.767. The maximum Gasteiger partial charge on any atom is 0.174 e. The molecule has 0 saturated carbocycles. The number of nitrogens with two attached hydrogens (primary N) is 1. The van der Waals surface area contributed by atoms with Crippen LogP contribution in [0.25, 0.3) is 5.82 Å². The molecule has 2 aromatic heterocycles. The van der Waals surface area contributed by atoms with Crippen LogP contribution < -0.4 is 5.73 Å². The molecule has 5 nitrogen and oxygen atoms in total. The van der Waals surface area contributed by atoms with E-state index in [1.807, 2.05) is 19.9 Å². The van der Waals surface area contributed by atoms with E-state index in [1.54, 1.807) is 10.9 Å². The van der Waals surface area contributed by atoms with Gasteiger partial charge in [0.1, 0.15) is 5.82 Å². The summed E-state index contributed by atoms with van der Waals surface area (Å²) in [4.78, 5) is 8.73. The molecule has 0 aliphatic heterocycles. The Bertz CT molecular complexity index is 549. The monoisotopic (exact) mass is 265 g/mol. The Morgan fingerprint density at radius 3 is 2.72 bits per heavy atom. The van der Waals surface area contributed by atoms with Gasteiger partial charge in [-0.3, -0.25) is 0 Å². The first-order chi connectivity index (χ1) is 8.71. The number of aryl methyl sites for hydroxylation is 2. The van der Waals surface area contributed by atoms with Crippen LogP contribution in [-0.2, 0) is 19.4 Å². The van der Waals surface area contributed by atoms with Crippen LogP contribution in [0.5, 0.6) is 0 Å². The van der Waals surface area contributed by atoms with Crippen molar-refractivity contribution >= 4 is 11.6 Å². The van der Waals surface area contributed by atoms with Gasteiger partial charge in [-0.2, -0.15) is 4.68 Å². The Morgan fingerprint density at radius 2 is 2.11 bits per heavy atom. The third kappa shape index (κ3) is 2.23. The molecule has 2 aromatic rings. The molecule has 0 amide bonds. The van der Waals surface area contributed by atoms with Gasteiger partial charge in [0.2, 0.25) is 0 Å². The summed E-state index contributed by atoms with van der Waals surface area (Å²) in [6.45, 7) is 4.43. The van der Waals surface area contributed by atoms with Crippen molar-refractivity contribution in [2.45, 2.75) is 33.2 Å². The molecule has 0 radical (unpaired) electrons. The minimum absolute atomic E-state index is 0.380. The van der Waals surface area contributed by atoms with Crippen molar-refractivity contribution in [2.75, 3.05) is 0 Å². The molecule has 2 N–H and O–H groups in total. The van der Waals surface area contributed by atoms with E-state index >= 15 is 0 Å². The summed E-state index contributed by atoms with van der Waals surface area (Å²) in [5.41, 5.74) is 6.50. The van der Waals surface area contributed by atoms with E-state index in [-0.39, 0.29) is 0 Å². The van der Waals surface area contributed by atoms with Gasteiger partial charge < -0.3 is 5.73 Å². The molecule has 0 unspecified atom stereocenters. The summed E-state index contributed by atoms with van der Waals surface area (Å²) in [6, 6.07) is 1.81. The molecule has 0 spiro atoms. The highest BCUT2D eigenvalue weighted by Gasteiger charge is 2.14. The van der Waals surface area contributed by atoms with Crippen molar-refractivity contribution in [3.63, 3.8) is 0 Å². The number of rotatable bonds is 4. The maximum atomic E-state index is 6.29. The third-order valence-corrected chi connectivity index (χ3v) is 3.13. The highest BCUT2D eigenvalue weighted by molar-refractivity contribution is 6.32. The zero-order chi connectivity index (χ0) is 13.1. The van der Waals surface area contributed by atoms with Gasteiger partial charge in [-0.05, 0) is 11.6 Å². The molecule has 0 aliphatic rings. The number of hydrogen-bond acceptors (Lipinski definition) is 4. The molecule has 0 aliphatic carbocycles. The lowest BCUT2D eigenvalue weighted by Crippen LogP contribution is -2.08. The average Bonchev–Trinajstić information content (AvgIpc) is 2.82. The molecule has 0 bridgehead atoms. The molecule has 96 valence electrons. The van der Waals surface area contributed by atoms with Crippen LogP contribution >= 0.6 is 11.6 Å². The Hall–Kier alpha value is -1.46. The van der Waals surface area contributed by atoms with Gasteiger partial charge in [0.25, 0.3) is 0 Å². The number of aromatic nitrogens is 4. The van der Waals surface area contributed by atoms with E-state index in [4.69, 9.17) is 17.3 Å². The Balaban J connectivity index is 2.57. The summed E-state index contributed by atoms with van der Waals surface area (Å²) < 4.78 is 1.71. The average molecular weight is 266 g/mol. The van der Waals surface area contributed by atoms with Crippen molar-refractivity contribution < 1.29 is 0 Å². The van der Waals surface area contributed by atoms with Gasteiger partial charge in [0, 0.05) is 25.6 Å². The fourth-order valence-corrected chi connectivity index (χ4v) is 1.99. The van der Waals surface area contributed by atoms with Crippen LogP contribution in [0.4, 0.5) is 0 Å². The van der Waals surface area contributed by atoms with E-state index in [0.29, 0.717) is 17.4 Å². The van der Waals surface area contributed by atoms with Gasteiger partial charge >= 0.3 is 0 Å². The zero-order valence-electron chi connectivity index (χ0n) is 10.5. The predicted molar refractivity (Wildman–Crippen MR) is 70.8 cm³/mol. The normalized spacial score (nSPS) is 10.9. The topological polar surface area (TPSA) is 69.6 Å². The highest BCUT2D eigenvalue weighted by atomic mass is 35.5. The summed E-state index contributed by atoms with van der Waals surface area (Å²) in [6.07, 6.45) is 3.25. The molecule has 18 heavy (non-hydrogen) atoms. The molecule has 2 heterocycles. The Labute approximate surface area is 111 Å². The van der Waals surface area contributed by atoms with E-state index in [0.717, 1.165) is 30.1 Å². The van der Waals surface area contributed by atoms with Crippen molar-refractivity contribution in [1.82, 2.24) is 19.7 Å². The standard InChI is InChI=1S/C12H16ClN5/c1-3-9-16-10(4-2)18(17-9)12-11(13)8(7-14)5-6-15-12/h5-6H,3-4,7,14H2,1-2H3. The Kier molecular flexibility index (Phi) is 3.93. The highest BCUT2D eigenvalue weighted by Crippen LogP contribution is 2.22. The van der Waals surface area contributed by atoms with Crippen LogP contribution in [0.3, 0.4) is 0 Å². The van der Waals surface area contributed by atoms with Crippen molar-refractivity contribution in [3.8, 4) is 5.82 Å². The van der Waals surface area contributed by atoms with E-state index in [9.17, 15) is 0 Å². The second-order valence-corrected chi connectivity index (χ2v) is 4.25. The number of pyridine rings is 1. The van der Waals surface area contributed by atoms with Crippen LogP contribution in [0, 0.1) is 0 Å². The smallest absolute Gasteiger partial charge is 0.174 e. The maximum absolute atomic E-state index is 6.29. The first-order valence-corrected chi connectivity index (χ1v) is 6.37. The molecular weight excluding hydrogens is 250 g/mol. The molecular formula is C12H16ClN5. The van der Waals surface area contributed by atoms with Crippen LogP contribution in [-0.4, -0.2) is 19.7 Å². The first-order valence-electron chi connectivity index (χ1n) is 5.99. The summed E-state index contributed by atoms with van der Waals surface area (Å²) in [5.74, 6) is 2.25. The van der Waals surface area contributed by atoms with Gasteiger partial charge in [-0.25, -0.2) is 9.97 Å². The minimum atomic E-state index is 0.380. The first kappa shape index (κ1) is 13.0. The molecule has 0 fully saturated rings. The lowest BCUT2D eigenvalue weighted by Gasteiger charge is -2.08. The molecule has 0 aromatic carbocycles. The lowest BCUT2D eigenvalue weighted by atomic mass is 10.2. The number of halogens is 1.